The molecule has 1 fully saturated rings. The Morgan fingerprint density at radius 3 is 2.71 bits per heavy atom. The quantitative estimate of drug-likeness (QED) is 0.648. The molecule has 1 aromatic rings. The van der Waals surface area contributed by atoms with Crippen molar-refractivity contribution < 1.29 is 14.3 Å². The van der Waals surface area contributed by atoms with Crippen molar-refractivity contribution in [1.82, 2.24) is 5.32 Å². The van der Waals surface area contributed by atoms with Crippen LogP contribution in [0.1, 0.15) is 44.3 Å². The van der Waals surface area contributed by atoms with E-state index in [1.54, 1.807) is 24.3 Å². The number of esters is 1. The summed E-state index contributed by atoms with van der Waals surface area (Å²) in [5.41, 5.74) is 0.805. The Balaban J connectivity index is 2.01. The zero-order valence-corrected chi connectivity index (χ0v) is 12.9. The number of cyclic esters (lactones) is 1. The van der Waals surface area contributed by atoms with Crippen molar-refractivity contribution in [2.75, 3.05) is 6.54 Å². The van der Waals surface area contributed by atoms with Crippen molar-refractivity contribution in [2.45, 2.75) is 38.7 Å². The van der Waals surface area contributed by atoms with Gasteiger partial charge in [0, 0.05) is 11.6 Å². The van der Waals surface area contributed by atoms with Crippen LogP contribution in [0.3, 0.4) is 0 Å². The van der Waals surface area contributed by atoms with Crippen LogP contribution in [0.15, 0.2) is 24.3 Å². The smallest absolute Gasteiger partial charge is 0.307 e. The molecule has 1 aliphatic rings. The van der Waals surface area contributed by atoms with Crippen LogP contribution in [0.5, 0.6) is 0 Å². The van der Waals surface area contributed by atoms with Crippen LogP contribution < -0.4 is 5.32 Å². The molecule has 21 heavy (non-hydrogen) atoms. The molecule has 2 rings (SSSR count). The molecule has 0 bridgehead atoms. The van der Waals surface area contributed by atoms with Gasteiger partial charge in [-0.3, -0.25) is 9.59 Å². The summed E-state index contributed by atoms with van der Waals surface area (Å²) in [7, 11) is 0. The topological polar surface area (TPSA) is 55.4 Å². The summed E-state index contributed by atoms with van der Waals surface area (Å²) in [5.74, 6) is -0.902. The van der Waals surface area contributed by atoms with E-state index in [1.807, 2.05) is 0 Å². The Hall–Kier alpha value is -1.55. The van der Waals surface area contributed by atoms with Crippen LogP contribution in [0.25, 0.3) is 0 Å². The number of hydrogen-bond acceptors (Lipinski definition) is 3. The third kappa shape index (κ3) is 4.21. The Labute approximate surface area is 129 Å². The van der Waals surface area contributed by atoms with Crippen LogP contribution in [-0.4, -0.2) is 18.4 Å². The summed E-state index contributed by atoms with van der Waals surface area (Å²) >= 11 is 5.86. The van der Waals surface area contributed by atoms with Gasteiger partial charge in [-0.25, -0.2) is 0 Å². The molecule has 0 saturated carbocycles. The fourth-order valence-electron chi connectivity index (χ4n) is 2.46. The van der Waals surface area contributed by atoms with Gasteiger partial charge in [-0.15, -0.1) is 0 Å². The fraction of sp³-hybridized carbons (Fsp3) is 0.500. The number of hydrogen-bond donors (Lipinski definition) is 1. The van der Waals surface area contributed by atoms with E-state index in [2.05, 4.69) is 12.2 Å². The minimum Gasteiger partial charge on any atom is -0.457 e. The number of carbonyl (C=O) groups is 2. The van der Waals surface area contributed by atoms with E-state index >= 15 is 0 Å². The normalized spacial score (nSPS) is 21.1. The molecule has 0 unspecified atom stereocenters. The van der Waals surface area contributed by atoms with E-state index < -0.39 is 12.0 Å². The van der Waals surface area contributed by atoms with E-state index in [1.165, 1.54) is 0 Å². The lowest BCUT2D eigenvalue weighted by Gasteiger charge is -2.17. The van der Waals surface area contributed by atoms with Crippen LogP contribution >= 0.6 is 11.6 Å². The molecule has 1 N–H and O–H groups in total. The van der Waals surface area contributed by atoms with E-state index in [0.29, 0.717) is 11.6 Å². The Bertz CT molecular complexity index is 501. The van der Waals surface area contributed by atoms with Gasteiger partial charge in [0.1, 0.15) is 6.10 Å². The summed E-state index contributed by atoms with van der Waals surface area (Å²) < 4.78 is 5.31. The highest BCUT2D eigenvalue weighted by Crippen LogP contribution is 2.35. The molecular weight excluding hydrogens is 290 g/mol. The van der Waals surface area contributed by atoms with Crippen molar-refractivity contribution in [3.05, 3.63) is 34.9 Å². The average Bonchev–Trinajstić information content (AvgIpc) is 2.86. The Kier molecular flexibility index (Phi) is 5.62. The fourth-order valence-corrected chi connectivity index (χ4v) is 2.59. The maximum absolute atomic E-state index is 12.2. The maximum atomic E-state index is 12.2. The van der Waals surface area contributed by atoms with Crippen molar-refractivity contribution in [2.24, 2.45) is 5.92 Å². The van der Waals surface area contributed by atoms with Gasteiger partial charge in [-0.05, 0) is 24.1 Å². The zero-order chi connectivity index (χ0) is 15.2. The summed E-state index contributed by atoms with van der Waals surface area (Å²) in [6, 6.07) is 7.06. The maximum Gasteiger partial charge on any atom is 0.307 e. The molecule has 1 aliphatic heterocycles. The third-order valence-electron chi connectivity index (χ3n) is 3.63. The number of amides is 1. The molecule has 0 radical (unpaired) electrons. The Morgan fingerprint density at radius 1 is 1.33 bits per heavy atom. The zero-order valence-electron chi connectivity index (χ0n) is 12.1. The van der Waals surface area contributed by atoms with Gasteiger partial charge in [-0.2, -0.15) is 0 Å². The summed E-state index contributed by atoms with van der Waals surface area (Å²) in [6.07, 6.45) is 2.76. The van der Waals surface area contributed by atoms with Gasteiger partial charge < -0.3 is 10.1 Å². The number of ether oxygens (including phenoxy) is 1. The highest BCUT2D eigenvalue weighted by molar-refractivity contribution is 6.30. The first-order chi connectivity index (χ1) is 10.1. The number of rotatable bonds is 6. The van der Waals surface area contributed by atoms with Crippen LogP contribution in [0.2, 0.25) is 5.02 Å². The van der Waals surface area contributed by atoms with E-state index in [9.17, 15) is 9.59 Å². The van der Waals surface area contributed by atoms with Crippen LogP contribution in [0, 0.1) is 5.92 Å². The summed E-state index contributed by atoms with van der Waals surface area (Å²) in [4.78, 5) is 23.8. The van der Waals surface area contributed by atoms with Gasteiger partial charge in [0.25, 0.3) is 0 Å². The highest BCUT2D eigenvalue weighted by atomic mass is 35.5. The monoisotopic (exact) mass is 309 g/mol. The molecule has 1 saturated heterocycles. The first-order valence-electron chi connectivity index (χ1n) is 7.34. The second-order valence-corrected chi connectivity index (χ2v) is 5.71. The lowest BCUT2D eigenvalue weighted by atomic mass is 9.94. The van der Waals surface area contributed by atoms with Crippen LogP contribution in [-0.2, 0) is 14.3 Å². The first kappa shape index (κ1) is 15.8. The van der Waals surface area contributed by atoms with Crippen molar-refractivity contribution in [3.63, 3.8) is 0 Å². The largest absolute Gasteiger partial charge is 0.457 e. The summed E-state index contributed by atoms with van der Waals surface area (Å²) in [6.45, 7) is 2.76. The lowest BCUT2D eigenvalue weighted by molar-refractivity contribution is -0.141. The minimum absolute atomic E-state index is 0.114. The molecule has 0 aliphatic carbocycles. The van der Waals surface area contributed by atoms with E-state index in [0.717, 1.165) is 24.8 Å². The molecular formula is C16H20ClNO3. The minimum atomic E-state index is -0.513. The molecule has 0 aromatic heterocycles. The SMILES string of the molecule is CCCCCNC(=O)[C@@H]1CC(=O)O[C@H]1c1ccc(Cl)cc1. The molecule has 5 heteroatoms. The van der Waals surface area contributed by atoms with Crippen molar-refractivity contribution >= 4 is 23.5 Å². The predicted octanol–water partition coefficient (Wildman–Crippen LogP) is 3.25. The van der Waals surface area contributed by atoms with E-state index in [-0.39, 0.29) is 18.3 Å². The Morgan fingerprint density at radius 2 is 2.05 bits per heavy atom. The van der Waals surface area contributed by atoms with Gasteiger partial charge in [0.2, 0.25) is 5.91 Å². The molecule has 0 spiro atoms. The number of unbranched alkanes of at least 4 members (excludes halogenated alkanes) is 2. The number of carbonyl (C=O) groups excluding carboxylic acids is 2. The van der Waals surface area contributed by atoms with Crippen molar-refractivity contribution in [1.29, 1.82) is 0 Å². The molecule has 114 valence electrons. The highest BCUT2D eigenvalue weighted by Gasteiger charge is 2.40. The lowest BCUT2D eigenvalue weighted by Crippen LogP contribution is -2.33. The second-order valence-electron chi connectivity index (χ2n) is 5.27. The van der Waals surface area contributed by atoms with Gasteiger partial charge >= 0.3 is 5.97 Å². The number of halogens is 1. The standard InChI is InChI=1S/C16H20ClNO3/c1-2-3-4-9-18-16(20)13-10-14(19)21-15(13)11-5-7-12(17)8-6-11/h5-8,13,15H,2-4,9-10H2,1H3,(H,18,20)/t13-,15+/m1/s1. The van der Waals surface area contributed by atoms with Gasteiger partial charge in [-0.1, -0.05) is 43.5 Å². The molecule has 2 atom stereocenters. The van der Waals surface area contributed by atoms with Crippen LogP contribution in [0.4, 0.5) is 0 Å². The van der Waals surface area contributed by atoms with Crippen molar-refractivity contribution in [3.8, 4) is 0 Å². The molecule has 1 amide bonds. The number of benzene rings is 1. The molecule has 1 aromatic carbocycles. The third-order valence-corrected chi connectivity index (χ3v) is 3.88. The molecule has 1 heterocycles. The number of nitrogens with one attached hydrogen (secondary N) is 1. The average molecular weight is 310 g/mol. The first-order valence-corrected chi connectivity index (χ1v) is 7.72. The second kappa shape index (κ2) is 7.46. The van der Waals surface area contributed by atoms with Gasteiger partial charge in [0.05, 0.1) is 12.3 Å². The molecule has 4 nitrogen and oxygen atoms in total. The van der Waals surface area contributed by atoms with E-state index in [4.69, 9.17) is 16.3 Å². The summed E-state index contributed by atoms with van der Waals surface area (Å²) in [5, 5.41) is 3.51. The predicted molar refractivity (Wildman–Crippen MR) is 80.9 cm³/mol. The van der Waals surface area contributed by atoms with Gasteiger partial charge in [0.15, 0.2) is 0 Å².